The number of amides is 1. The summed E-state index contributed by atoms with van der Waals surface area (Å²) < 4.78 is 17.7. The molecule has 104 valence electrons. The Balaban J connectivity index is 2.31. The van der Waals surface area contributed by atoms with Crippen LogP contribution in [-0.4, -0.2) is 25.9 Å². The lowest BCUT2D eigenvalue weighted by Gasteiger charge is -2.16. The van der Waals surface area contributed by atoms with Crippen LogP contribution in [0, 0.1) is 0 Å². The van der Waals surface area contributed by atoms with E-state index in [0.717, 1.165) is 4.47 Å². The van der Waals surface area contributed by atoms with Crippen molar-refractivity contribution in [3.8, 4) is 5.75 Å². The van der Waals surface area contributed by atoms with Gasteiger partial charge in [-0.1, -0.05) is 15.9 Å². The molecule has 19 heavy (non-hydrogen) atoms. The van der Waals surface area contributed by atoms with Crippen LogP contribution in [0.5, 0.6) is 5.75 Å². The minimum atomic E-state index is -0.516. The van der Waals surface area contributed by atoms with Gasteiger partial charge in [-0.2, -0.15) is 0 Å². The summed E-state index contributed by atoms with van der Waals surface area (Å²) in [4.78, 5) is 11.6. The van der Waals surface area contributed by atoms with Crippen molar-refractivity contribution in [1.82, 2.24) is 5.32 Å². The highest BCUT2D eigenvalue weighted by atomic mass is 79.9. The highest BCUT2D eigenvalue weighted by Crippen LogP contribution is 2.39. The third-order valence-electron chi connectivity index (χ3n) is 2.43. The van der Waals surface area contributed by atoms with Gasteiger partial charge in [-0.05, 0) is 35.0 Å². The van der Waals surface area contributed by atoms with Gasteiger partial charge in [0.1, 0.15) is 0 Å². The summed E-state index contributed by atoms with van der Waals surface area (Å²) in [6, 6.07) is 3.61. The van der Waals surface area contributed by atoms with E-state index in [1.165, 1.54) is 0 Å². The van der Waals surface area contributed by atoms with Gasteiger partial charge in [0.2, 0.25) is 0 Å². The molecule has 0 atom stereocenters. The molecule has 1 aromatic carbocycles. The third kappa shape index (κ3) is 3.68. The molecule has 0 bridgehead atoms. The Kier molecular flexibility index (Phi) is 5.20. The van der Waals surface area contributed by atoms with Crippen molar-refractivity contribution < 1.29 is 19.0 Å². The minimum absolute atomic E-state index is 0.404. The Bertz CT molecular complexity index is 475. The number of ether oxygens (including phenoxy) is 3. The maximum atomic E-state index is 11.6. The van der Waals surface area contributed by atoms with Crippen molar-refractivity contribution in [3.05, 3.63) is 26.6 Å². The van der Waals surface area contributed by atoms with Crippen molar-refractivity contribution in [3.63, 3.8) is 0 Å². The van der Waals surface area contributed by atoms with Crippen LogP contribution in [0.25, 0.3) is 0 Å². The summed E-state index contributed by atoms with van der Waals surface area (Å²) in [5.74, 6) is 0.404. The SMILES string of the molecule is CCNC(=O)Oc1c(Br)cc(Br)cc1C1OCCO1. The molecule has 1 saturated heterocycles. The number of halogens is 2. The molecule has 0 aromatic heterocycles. The Morgan fingerprint density at radius 3 is 2.74 bits per heavy atom. The van der Waals surface area contributed by atoms with Crippen molar-refractivity contribution in [2.45, 2.75) is 13.2 Å². The molecule has 2 rings (SSSR count). The van der Waals surface area contributed by atoms with Crippen LogP contribution in [0.2, 0.25) is 0 Å². The first-order valence-corrected chi connectivity index (χ1v) is 7.38. The summed E-state index contributed by atoms with van der Waals surface area (Å²) in [5.41, 5.74) is 0.671. The van der Waals surface area contributed by atoms with Crippen LogP contribution in [0.3, 0.4) is 0 Å². The molecule has 0 saturated carbocycles. The highest BCUT2D eigenvalue weighted by Gasteiger charge is 2.25. The molecule has 1 amide bonds. The Labute approximate surface area is 127 Å². The molecule has 1 aliphatic heterocycles. The van der Waals surface area contributed by atoms with Crippen LogP contribution < -0.4 is 10.1 Å². The van der Waals surface area contributed by atoms with E-state index in [9.17, 15) is 4.79 Å². The molecule has 5 nitrogen and oxygen atoms in total. The second-order valence-electron chi connectivity index (χ2n) is 3.80. The zero-order chi connectivity index (χ0) is 13.8. The molecule has 1 heterocycles. The quantitative estimate of drug-likeness (QED) is 0.853. The van der Waals surface area contributed by atoms with Crippen molar-refractivity contribution >= 4 is 38.0 Å². The van der Waals surface area contributed by atoms with Crippen LogP contribution in [0.4, 0.5) is 4.79 Å². The number of benzene rings is 1. The first-order chi connectivity index (χ1) is 9.11. The molecule has 1 aliphatic rings. The van der Waals surface area contributed by atoms with E-state index >= 15 is 0 Å². The van der Waals surface area contributed by atoms with Gasteiger partial charge in [-0.15, -0.1) is 0 Å². The van der Waals surface area contributed by atoms with E-state index < -0.39 is 12.4 Å². The largest absolute Gasteiger partial charge is 0.412 e. The lowest BCUT2D eigenvalue weighted by Crippen LogP contribution is -2.27. The van der Waals surface area contributed by atoms with E-state index in [4.69, 9.17) is 14.2 Å². The van der Waals surface area contributed by atoms with Gasteiger partial charge in [-0.3, -0.25) is 0 Å². The Morgan fingerprint density at radius 1 is 1.42 bits per heavy atom. The maximum absolute atomic E-state index is 11.6. The van der Waals surface area contributed by atoms with Gasteiger partial charge in [0.05, 0.1) is 23.2 Å². The topological polar surface area (TPSA) is 56.8 Å². The maximum Gasteiger partial charge on any atom is 0.412 e. The number of hydrogen-bond acceptors (Lipinski definition) is 4. The molecule has 1 aromatic rings. The zero-order valence-corrected chi connectivity index (χ0v) is 13.4. The van der Waals surface area contributed by atoms with Crippen molar-refractivity contribution in [2.75, 3.05) is 19.8 Å². The normalized spacial score (nSPS) is 15.5. The van der Waals surface area contributed by atoms with Crippen molar-refractivity contribution in [2.24, 2.45) is 0 Å². The summed E-state index contributed by atoms with van der Waals surface area (Å²) in [7, 11) is 0. The molecule has 7 heteroatoms. The first-order valence-electron chi connectivity index (χ1n) is 5.79. The number of nitrogens with one attached hydrogen (secondary N) is 1. The fourth-order valence-corrected chi connectivity index (χ4v) is 3.01. The molecule has 1 N–H and O–H groups in total. The molecular formula is C12H13Br2NO4. The van der Waals surface area contributed by atoms with Crippen LogP contribution >= 0.6 is 31.9 Å². The van der Waals surface area contributed by atoms with Crippen LogP contribution in [0.15, 0.2) is 21.1 Å². The summed E-state index contributed by atoms with van der Waals surface area (Å²) in [6.45, 7) is 3.37. The molecular weight excluding hydrogens is 382 g/mol. The second kappa shape index (κ2) is 6.69. The van der Waals surface area contributed by atoms with E-state index in [1.54, 1.807) is 6.07 Å². The van der Waals surface area contributed by atoms with Crippen molar-refractivity contribution in [1.29, 1.82) is 0 Å². The fourth-order valence-electron chi connectivity index (χ4n) is 1.67. The van der Waals surface area contributed by atoms with E-state index in [1.807, 2.05) is 13.0 Å². The summed E-state index contributed by atoms with van der Waals surface area (Å²) in [5, 5.41) is 2.58. The fraction of sp³-hybridized carbons (Fsp3) is 0.417. The van der Waals surface area contributed by atoms with Gasteiger partial charge < -0.3 is 19.5 Å². The minimum Gasteiger partial charge on any atom is -0.409 e. The lowest BCUT2D eigenvalue weighted by atomic mass is 10.2. The smallest absolute Gasteiger partial charge is 0.409 e. The monoisotopic (exact) mass is 393 g/mol. The molecule has 1 fully saturated rings. The summed E-state index contributed by atoms with van der Waals surface area (Å²) >= 11 is 6.77. The van der Waals surface area contributed by atoms with Gasteiger partial charge in [-0.25, -0.2) is 4.79 Å². The average Bonchev–Trinajstić information content (AvgIpc) is 2.86. The Morgan fingerprint density at radius 2 is 2.11 bits per heavy atom. The standard InChI is InChI=1S/C12H13Br2NO4/c1-2-15-12(16)19-10-8(11-17-3-4-18-11)5-7(13)6-9(10)14/h5-6,11H,2-4H2,1H3,(H,15,16). The van der Waals surface area contributed by atoms with Gasteiger partial charge in [0.25, 0.3) is 0 Å². The highest BCUT2D eigenvalue weighted by molar-refractivity contribution is 9.11. The van der Waals surface area contributed by atoms with Gasteiger partial charge in [0, 0.05) is 11.0 Å². The molecule has 0 unspecified atom stereocenters. The third-order valence-corrected chi connectivity index (χ3v) is 3.48. The number of carbonyl (C=O) groups excluding carboxylic acids is 1. The predicted octanol–water partition coefficient (Wildman–Crippen LogP) is 3.37. The lowest BCUT2D eigenvalue weighted by molar-refractivity contribution is -0.0453. The van der Waals surface area contributed by atoms with Gasteiger partial charge >= 0.3 is 6.09 Å². The number of rotatable bonds is 3. The number of hydrogen-bond donors (Lipinski definition) is 1. The predicted molar refractivity (Wildman–Crippen MR) is 76.2 cm³/mol. The van der Waals surface area contributed by atoms with E-state index in [-0.39, 0.29) is 0 Å². The van der Waals surface area contributed by atoms with Gasteiger partial charge in [0.15, 0.2) is 12.0 Å². The summed E-state index contributed by atoms with van der Waals surface area (Å²) in [6.07, 6.45) is -1.03. The first kappa shape index (κ1) is 14.8. The van der Waals surface area contributed by atoms with Crippen LogP contribution in [-0.2, 0) is 9.47 Å². The average molecular weight is 395 g/mol. The number of carbonyl (C=O) groups is 1. The molecule has 0 radical (unpaired) electrons. The Hall–Kier alpha value is -0.630. The molecule has 0 aliphatic carbocycles. The van der Waals surface area contributed by atoms with Crippen LogP contribution in [0.1, 0.15) is 18.8 Å². The molecule has 0 spiro atoms. The second-order valence-corrected chi connectivity index (χ2v) is 5.57. The zero-order valence-electron chi connectivity index (χ0n) is 10.2. The van der Waals surface area contributed by atoms with E-state index in [2.05, 4.69) is 37.2 Å². The van der Waals surface area contributed by atoms with E-state index in [0.29, 0.717) is 35.5 Å².